The molecule has 6 unspecified atom stereocenters. The van der Waals surface area contributed by atoms with Gasteiger partial charge < -0.3 is 14.9 Å². The van der Waals surface area contributed by atoms with Crippen molar-refractivity contribution in [3.05, 3.63) is 23.8 Å². The number of allylic oxidation sites excluding steroid dienone is 2. The average Bonchev–Trinajstić information content (AvgIpc) is 3.22. The molecule has 6 atom stereocenters. The molecule has 0 spiro atoms. The Bertz CT molecular complexity index is 666. The maximum atomic E-state index is 11.7. The summed E-state index contributed by atoms with van der Waals surface area (Å²) in [5, 5.41) is 20.9. The predicted octanol–water partition coefficient (Wildman–Crippen LogP) is 4.66. The van der Waals surface area contributed by atoms with Crippen LogP contribution in [0.3, 0.4) is 0 Å². The number of rotatable bonds is 10. The highest BCUT2D eigenvalue weighted by molar-refractivity contribution is 5.69. The van der Waals surface area contributed by atoms with Gasteiger partial charge in [-0.1, -0.05) is 44.6 Å². The molecule has 2 saturated carbocycles. The van der Waals surface area contributed by atoms with E-state index in [9.17, 15) is 15.0 Å². The van der Waals surface area contributed by atoms with Crippen LogP contribution < -0.4 is 0 Å². The molecule has 2 rings (SSSR count). The molecule has 0 radical (unpaired) electrons. The van der Waals surface area contributed by atoms with Crippen LogP contribution in [0.5, 0.6) is 0 Å². The Morgan fingerprint density at radius 1 is 1.30 bits per heavy atom. The van der Waals surface area contributed by atoms with Gasteiger partial charge >= 0.3 is 5.97 Å². The molecule has 0 aliphatic heterocycles. The lowest BCUT2D eigenvalue weighted by atomic mass is 9.89. The number of aliphatic hydroxyl groups excluding tert-OH is 2. The summed E-state index contributed by atoms with van der Waals surface area (Å²) in [6.45, 7) is 8.39. The first-order valence-corrected chi connectivity index (χ1v) is 11.6. The molecular weight excluding hydrogens is 376 g/mol. The van der Waals surface area contributed by atoms with E-state index in [-0.39, 0.29) is 23.9 Å². The van der Waals surface area contributed by atoms with Crippen molar-refractivity contribution < 1.29 is 19.7 Å². The fraction of sp³-hybridized carbons (Fsp3) is 0.731. The molecule has 0 saturated heterocycles. The highest BCUT2D eigenvalue weighted by Gasteiger charge is 2.44. The van der Waals surface area contributed by atoms with Gasteiger partial charge in [-0.25, -0.2) is 0 Å². The van der Waals surface area contributed by atoms with Crippen molar-refractivity contribution in [3.63, 3.8) is 0 Å². The van der Waals surface area contributed by atoms with Crippen LogP contribution in [0.4, 0.5) is 0 Å². The van der Waals surface area contributed by atoms with Crippen molar-refractivity contribution in [1.29, 1.82) is 0 Å². The van der Waals surface area contributed by atoms with Crippen LogP contribution in [0.15, 0.2) is 23.8 Å². The van der Waals surface area contributed by atoms with Gasteiger partial charge in [0.15, 0.2) is 0 Å². The number of fused-ring (bicyclic) bond motifs is 1. The number of hydrogen-bond donors (Lipinski definition) is 2. The number of carbonyl (C=O) groups is 1. The van der Waals surface area contributed by atoms with Gasteiger partial charge in [-0.15, -0.1) is 11.8 Å². The lowest BCUT2D eigenvalue weighted by Crippen LogP contribution is -2.19. The minimum atomic E-state index is -0.524. The van der Waals surface area contributed by atoms with E-state index in [0.29, 0.717) is 37.2 Å². The van der Waals surface area contributed by atoms with Gasteiger partial charge in [0.1, 0.15) is 0 Å². The van der Waals surface area contributed by atoms with E-state index in [1.807, 2.05) is 39.8 Å². The lowest BCUT2D eigenvalue weighted by Gasteiger charge is -2.19. The third-order valence-corrected chi connectivity index (χ3v) is 6.42. The lowest BCUT2D eigenvalue weighted by molar-refractivity contribution is -0.144. The second-order valence-electron chi connectivity index (χ2n) is 9.53. The average molecular weight is 417 g/mol. The van der Waals surface area contributed by atoms with Gasteiger partial charge in [0.2, 0.25) is 0 Å². The molecule has 0 amide bonds. The van der Waals surface area contributed by atoms with Crippen molar-refractivity contribution in [2.75, 3.05) is 6.61 Å². The summed E-state index contributed by atoms with van der Waals surface area (Å²) in [6.07, 6.45) is 11.2. The van der Waals surface area contributed by atoms with Crippen LogP contribution in [0.2, 0.25) is 0 Å². The predicted molar refractivity (Wildman–Crippen MR) is 120 cm³/mol. The molecule has 4 heteroatoms. The van der Waals surface area contributed by atoms with Gasteiger partial charge in [-0.3, -0.25) is 4.79 Å². The van der Waals surface area contributed by atoms with E-state index in [1.54, 1.807) is 0 Å². The molecule has 2 aliphatic carbocycles. The van der Waals surface area contributed by atoms with Crippen molar-refractivity contribution >= 4 is 5.97 Å². The van der Waals surface area contributed by atoms with Crippen molar-refractivity contribution in [2.45, 2.75) is 84.8 Å². The third-order valence-electron chi connectivity index (χ3n) is 6.42. The van der Waals surface area contributed by atoms with E-state index in [0.717, 1.165) is 32.1 Å². The van der Waals surface area contributed by atoms with E-state index in [1.165, 1.54) is 5.57 Å². The monoisotopic (exact) mass is 416 g/mol. The Morgan fingerprint density at radius 3 is 2.77 bits per heavy atom. The summed E-state index contributed by atoms with van der Waals surface area (Å²) in [7, 11) is 0. The minimum absolute atomic E-state index is 0.0919. The van der Waals surface area contributed by atoms with Gasteiger partial charge in [0.25, 0.3) is 0 Å². The molecule has 0 aromatic rings. The quantitative estimate of drug-likeness (QED) is 0.235. The van der Waals surface area contributed by atoms with Crippen LogP contribution >= 0.6 is 0 Å². The highest BCUT2D eigenvalue weighted by Crippen LogP contribution is 2.50. The van der Waals surface area contributed by atoms with Crippen molar-refractivity contribution in [2.24, 2.45) is 29.6 Å². The second-order valence-corrected chi connectivity index (χ2v) is 9.53. The highest BCUT2D eigenvalue weighted by atomic mass is 16.5. The zero-order valence-corrected chi connectivity index (χ0v) is 19.1. The number of hydrogen-bond acceptors (Lipinski definition) is 4. The molecule has 4 nitrogen and oxygen atoms in total. The first-order chi connectivity index (χ1) is 14.3. The van der Waals surface area contributed by atoms with Crippen LogP contribution in [-0.4, -0.2) is 35.0 Å². The Morgan fingerprint density at radius 2 is 2.07 bits per heavy atom. The normalized spacial score (nSPS) is 29.1. The van der Waals surface area contributed by atoms with Crippen LogP contribution in [0.1, 0.15) is 72.6 Å². The first kappa shape index (κ1) is 24.7. The summed E-state index contributed by atoms with van der Waals surface area (Å²) >= 11 is 0. The number of esters is 1. The Labute approximate surface area is 182 Å². The van der Waals surface area contributed by atoms with Crippen molar-refractivity contribution in [1.82, 2.24) is 0 Å². The van der Waals surface area contributed by atoms with Gasteiger partial charge in [-0.05, 0) is 62.7 Å². The number of carbonyl (C=O) groups excluding carboxylic acids is 1. The molecule has 168 valence electrons. The van der Waals surface area contributed by atoms with E-state index < -0.39 is 6.10 Å². The molecule has 0 aromatic carbocycles. The Hall–Kier alpha value is -1.57. The van der Waals surface area contributed by atoms with Crippen LogP contribution in [0, 0.1) is 41.4 Å². The summed E-state index contributed by atoms with van der Waals surface area (Å²) in [5.74, 6) is 7.36. The smallest absolute Gasteiger partial charge is 0.305 e. The number of ether oxygens (including phenoxy) is 1. The van der Waals surface area contributed by atoms with Crippen LogP contribution in [-0.2, 0) is 9.53 Å². The third kappa shape index (κ3) is 7.60. The molecule has 30 heavy (non-hydrogen) atoms. The summed E-state index contributed by atoms with van der Waals surface area (Å²) in [6, 6.07) is 0. The van der Waals surface area contributed by atoms with Crippen LogP contribution in [0.25, 0.3) is 0 Å². The first-order valence-electron chi connectivity index (χ1n) is 11.6. The molecule has 0 heterocycles. The Kier molecular flexibility index (Phi) is 10.1. The minimum Gasteiger partial charge on any atom is -0.465 e. The second kappa shape index (κ2) is 12.3. The molecule has 2 aliphatic rings. The SMILES string of the molecule is CC#CCC(C)C(O)C=CC1C(O)CC2CC(=CCCCC(=O)OCC(C)C)CC21. The zero-order chi connectivity index (χ0) is 22.1. The molecule has 2 fully saturated rings. The van der Waals surface area contributed by atoms with Gasteiger partial charge in [0.05, 0.1) is 18.8 Å². The zero-order valence-electron chi connectivity index (χ0n) is 19.1. The number of unbranched alkanes of at least 4 members (excludes halogenated alkanes) is 1. The van der Waals surface area contributed by atoms with E-state index in [2.05, 4.69) is 17.9 Å². The van der Waals surface area contributed by atoms with Gasteiger partial charge in [0, 0.05) is 18.8 Å². The fourth-order valence-corrected chi connectivity index (χ4v) is 4.64. The Balaban J connectivity index is 1.80. The largest absolute Gasteiger partial charge is 0.465 e. The maximum Gasteiger partial charge on any atom is 0.305 e. The van der Waals surface area contributed by atoms with Crippen molar-refractivity contribution in [3.8, 4) is 11.8 Å². The maximum absolute atomic E-state index is 11.7. The summed E-state index contributed by atoms with van der Waals surface area (Å²) in [4.78, 5) is 11.7. The molecule has 2 N–H and O–H groups in total. The topological polar surface area (TPSA) is 66.8 Å². The summed E-state index contributed by atoms with van der Waals surface area (Å²) < 4.78 is 5.22. The molecule has 0 aromatic heterocycles. The molecule has 0 bridgehead atoms. The fourth-order valence-electron chi connectivity index (χ4n) is 4.64. The summed E-state index contributed by atoms with van der Waals surface area (Å²) in [5.41, 5.74) is 1.46. The standard InChI is InChI=1S/C26H40O4/c1-5-6-9-19(4)24(27)13-12-22-23-15-20(14-21(23)16-25(22)28)10-7-8-11-26(29)30-17-18(2)3/h10,12-13,18-19,21-25,27-28H,7-9,11,14-17H2,1-4H3. The molecular formula is C26H40O4. The van der Waals surface area contributed by atoms with E-state index >= 15 is 0 Å². The van der Waals surface area contributed by atoms with Gasteiger partial charge in [-0.2, -0.15) is 0 Å². The van der Waals surface area contributed by atoms with E-state index in [4.69, 9.17) is 4.74 Å². The number of aliphatic hydroxyl groups is 2.